The van der Waals surface area contributed by atoms with Gasteiger partial charge in [0.05, 0.1) is 10.7 Å². The lowest BCUT2D eigenvalue weighted by Gasteiger charge is -2.16. The summed E-state index contributed by atoms with van der Waals surface area (Å²) >= 11 is 6.03. The molecule has 4 heteroatoms. The maximum absolute atomic E-state index is 11.3. The number of anilines is 1. The molecule has 1 unspecified atom stereocenters. The van der Waals surface area contributed by atoms with Crippen LogP contribution in [0.3, 0.4) is 0 Å². The standard InChI is InChI=1S/C11H15ClN2O/c1-7-5-4-6-9(12)10(7)14-8(2)11(15)13-3/h4-6,8,14H,1-3H3,(H,13,15). The zero-order valence-corrected chi connectivity index (χ0v) is 9.85. The predicted molar refractivity (Wildman–Crippen MR) is 63.3 cm³/mol. The Kier molecular flexibility index (Phi) is 3.97. The van der Waals surface area contributed by atoms with E-state index < -0.39 is 0 Å². The lowest BCUT2D eigenvalue weighted by Crippen LogP contribution is -2.35. The number of amides is 1. The zero-order chi connectivity index (χ0) is 11.4. The third-order valence-corrected chi connectivity index (χ3v) is 2.54. The number of benzene rings is 1. The predicted octanol–water partition coefficient (Wildman–Crippen LogP) is 2.19. The van der Waals surface area contributed by atoms with Gasteiger partial charge in [-0.25, -0.2) is 0 Å². The first kappa shape index (κ1) is 11.9. The van der Waals surface area contributed by atoms with E-state index in [9.17, 15) is 4.79 Å². The molecule has 3 nitrogen and oxygen atoms in total. The molecule has 1 aromatic carbocycles. The summed E-state index contributed by atoms with van der Waals surface area (Å²) in [6.45, 7) is 3.74. The molecule has 0 heterocycles. The normalized spacial score (nSPS) is 12.0. The number of hydrogen-bond donors (Lipinski definition) is 2. The van der Waals surface area contributed by atoms with Gasteiger partial charge in [0.25, 0.3) is 0 Å². The monoisotopic (exact) mass is 226 g/mol. The van der Waals surface area contributed by atoms with Crippen LogP contribution in [-0.4, -0.2) is 19.0 Å². The summed E-state index contributed by atoms with van der Waals surface area (Å²) in [4.78, 5) is 11.3. The molecular weight excluding hydrogens is 212 g/mol. The molecule has 0 aliphatic carbocycles. The molecular formula is C11H15ClN2O. The van der Waals surface area contributed by atoms with Crippen molar-refractivity contribution in [2.75, 3.05) is 12.4 Å². The van der Waals surface area contributed by atoms with Gasteiger partial charge < -0.3 is 10.6 Å². The Bertz CT molecular complexity index is 345. The van der Waals surface area contributed by atoms with E-state index in [1.54, 1.807) is 20.0 Å². The SMILES string of the molecule is CNC(=O)C(C)Nc1c(C)cccc1Cl. The number of rotatable bonds is 3. The van der Waals surface area contributed by atoms with Crippen molar-refractivity contribution < 1.29 is 4.79 Å². The second-order valence-corrected chi connectivity index (χ2v) is 3.82. The van der Waals surface area contributed by atoms with E-state index in [1.165, 1.54) is 0 Å². The third-order valence-electron chi connectivity index (χ3n) is 2.22. The van der Waals surface area contributed by atoms with Crippen molar-refractivity contribution in [3.63, 3.8) is 0 Å². The van der Waals surface area contributed by atoms with Crippen LogP contribution in [0.1, 0.15) is 12.5 Å². The van der Waals surface area contributed by atoms with Crippen LogP contribution in [-0.2, 0) is 4.79 Å². The second kappa shape index (κ2) is 5.03. The summed E-state index contributed by atoms with van der Waals surface area (Å²) in [5, 5.41) is 6.29. The fourth-order valence-corrected chi connectivity index (χ4v) is 1.59. The summed E-state index contributed by atoms with van der Waals surface area (Å²) in [5.74, 6) is -0.0608. The van der Waals surface area contributed by atoms with Crippen molar-refractivity contribution in [2.45, 2.75) is 19.9 Å². The molecule has 82 valence electrons. The van der Waals surface area contributed by atoms with E-state index >= 15 is 0 Å². The zero-order valence-electron chi connectivity index (χ0n) is 9.10. The molecule has 1 rings (SSSR count). The van der Waals surface area contributed by atoms with Gasteiger partial charge in [-0.15, -0.1) is 0 Å². The van der Waals surface area contributed by atoms with Gasteiger partial charge >= 0.3 is 0 Å². The summed E-state index contributed by atoms with van der Waals surface area (Å²) in [5.41, 5.74) is 1.84. The highest BCUT2D eigenvalue weighted by Crippen LogP contribution is 2.25. The van der Waals surface area contributed by atoms with Crippen LogP contribution in [0.5, 0.6) is 0 Å². The molecule has 0 saturated carbocycles. The number of carbonyl (C=O) groups excluding carboxylic acids is 1. The molecule has 0 aliphatic rings. The van der Waals surface area contributed by atoms with E-state index in [-0.39, 0.29) is 11.9 Å². The average molecular weight is 227 g/mol. The smallest absolute Gasteiger partial charge is 0.241 e. The Labute approximate surface area is 94.8 Å². The maximum atomic E-state index is 11.3. The number of nitrogens with one attached hydrogen (secondary N) is 2. The van der Waals surface area contributed by atoms with Crippen LogP contribution in [0.15, 0.2) is 18.2 Å². The topological polar surface area (TPSA) is 41.1 Å². The van der Waals surface area contributed by atoms with Crippen molar-refractivity contribution in [1.29, 1.82) is 0 Å². The highest BCUT2D eigenvalue weighted by molar-refractivity contribution is 6.33. The number of halogens is 1. The van der Waals surface area contributed by atoms with E-state index in [2.05, 4.69) is 10.6 Å². The Morgan fingerprint density at radius 2 is 2.13 bits per heavy atom. The van der Waals surface area contributed by atoms with Gasteiger partial charge in [0, 0.05) is 7.05 Å². The first-order chi connectivity index (χ1) is 7.06. The largest absolute Gasteiger partial charge is 0.372 e. The lowest BCUT2D eigenvalue weighted by atomic mass is 10.2. The summed E-state index contributed by atoms with van der Waals surface area (Å²) < 4.78 is 0. The molecule has 0 bridgehead atoms. The van der Waals surface area contributed by atoms with E-state index in [4.69, 9.17) is 11.6 Å². The molecule has 2 N–H and O–H groups in total. The number of aryl methyl sites for hydroxylation is 1. The molecule has 0 aromatic heterocycles. The van der Waals surface area contributed by atoms with Crippen molar-refractivity contribution in [3.8, 4) is 0 Å². The average Bonchev–Trinajstić information content (AvgIpc) is 2.22. The molecule has 1 atom stereocenters. The van der Waals surface area contributed by atoms with Crippen molar-refractivity contribution >= 4 is 23.2 Å². The Hall–Kier alpha value is -1.22. The van der Waals surface area contributed by atoms with Gasteiger partial charge in [-0.2, -0.15) is 0 Å². The molecule has 0 radical (unpaired) electrons. The number of para-hydroxylation sites is 1. The fraction of sp³-hybridized carbons (Fsp3) is 0.364. The number of carbonyl (C=O) groups is 1. The quantitative estimate of drug-likeness (QED) is 0.830. The first-order valence-electron chi connectivity index (χ1n) is 4.79. The molecule has 15 heavy (non-hydrogen) atoms. The van der Waals surface area contributed by atoms with Crippen LogP contribution in [0, 0.1) is 6.92 Å². The van der Waals surface area contributed by atoms with Crippen molar-refractivity contribution in [1.82, 2.24) is 5.32 Å². The molecule has 0 fully saturated rings. The van der Waals surface area contributed by atoms with Gasteiger partial charge in [-0.05, 0) is 25.5 Å². The maximum Gasteiger partial charge on any atom is 0.241 e. The minimum atomic E-state index is -0.298. The molecule has 0 saturated heterocycles. The summed E-state index contributed by atoms with van der Waals surface area (Å²) in [6.07, 6.45) is 0. The second-order valence-electron chi connectivity index (χ2n) is 3.41. The van der Waals surface area contributed by atoms with Crippen LogP contribution in [0.2, 0.25) is 5.02 Å². The Balaban J connectivity index is 2.85. The molecule has 1 amide bonds. The molecule has 0 aliphatic heterocycles. The minimum Gasteiger partial charge on any atom is -0.372 e. The van der Waals surface area contributed by atoms with Crippen LogP contribution >= 0.6 is 11.6 Å². The van der Waals surface area contributed by atoms with Crippen LogP contribution < -0.4 is 10.6 Å². The lowest BCUT2D eigenvalue weighted by molar-refractivity contribution is -0.121. The van der Waals surface area contributed by atoms with Gasteiger partial charge in [-0.1, -0.05) is 23.7 Å². The van der Waals surface area contributed by atoms with E-state index in [1.807, 2.05) is 19.1 Å². The Morgan fingerprint density at radius 3 is 2.67 bits per heavy atom. The summed E-state index contributed by atoms with van der Waals surface area (Å²) in [6, 6.07) is 5.33. The highest BCUT2D eigenvalue weighted by atomic mass is 35.5. The number of hydrogen-bond acceptors (Lipinski definition) is 2. The van der Waals surface area contributed by atoms with Crippen LogP contribution in [0.25, 0.3) is 0 Å². The number of likely N-dealkylation sites (N-methyl/N-ethyl adjacent to an activating group) is 1. The summed E-state index contributed by atoms with van der Waals surface area (Å²) in [7, 11) is 1.61. The third kappa shape index (κ3) is 2.86. The molecule has 1 aromatic rings. The minimum absolute atomic E-state index is 0.0608. The molecule has 0 spiro atoms. The van der Waals surface area contributed by atoms with Crippen LogP contribution in [0.4, 0.5) is 5.69 Å². The van der Waals surface area contributed by atoms with E-state index in [0.717, 1.165) is 11.3 Å². The van der Waals surface area contributed by atoms with E-state index in [0.29, 0.717) is 5.02 Å². The fourth-order valence-electron chi connectivity index (χ4n) is 1.31. The Morgan fingerprint density at radius 1 is 1.47 bits per heavy atom. The van der Waals surface area contributed by atoms with Crippen molar-refractivity contribution in [2.24, 2.45) is 0 Å². The van der Waals surface area contributed by atoms with Gasteiger partial charge in [0.15, 0.2) is 0 Å². The van der Waals surface area contributed by atoms with Gasteiger partial charge in [0.1, 0.15) is 6.04 Å². The van der Waals surface area contributed by atoms with Gasteiger partial charge in [0.2, 0.25) is 5.91 Å². The highest BCUT2D eigenvalue weighted by Gasteiger charge is 2.13. The first-order valence-corrected chi connectivity index (χ1v) is 5.17. The van der Waals surface area contributed by atoms with Crippen molar-refractivity contribution in [3.05, 3.63) is 28.8 Å². The van der Waals surface area contributed by atoms with Gasteiger partial charge in [-0.3, -0.25) is 4.79 Å².